The van der Waals surface area contributed by atoms with E-state index in [2.05, 4.69) is 21.2 Å². The molecule has 2 heterocycles. The lowest BCUT2D eigenvalue weighted by Crippen LogP contribution is -2.53. The highest BCUT2D eigenvalue weighted by Crippen LogP contribution is 2.50. The summed E-state index contributed by atoms with van der Waals surface area (Å²) in [6.45, 7) is 3.75. The minimum atomic E-state index is -1.55. The lowest BCUT2D eigenvalue weighted by Gasteiger charge is -2.27. The van der Waals surface area contributed by atoms with Crippen molar-refractivity contribution in [2.75, 3.05) is 20.8 Å². The number of carboxylic acid groups (broad SMARTS) is 1. The van der Waals surface area contributed by atoms with Crippen LogP contribution in [0, 0.1) is 11.8 Å². The van der Waals surface area contributed by atoms with Crippen molar-refractivity contribution in [1.82, 2.24) is 10.2 Å². The standard InChI is InChI=1S/C20H25BrN2O6/c1-5-6-7-23-17(24)13-14(18(23)25)20(2,19(26)27)22-15(13)10-8-11(21)16(29-4)12(9-10)28-3/h8-9,13-15,22H,5-7H2,1-4H3,(H,26,27). The summed E-state index contributed by atoms with van der Waals surface area (Å²) in [6.07, 6.45) is 1.51. The third-order valence-electron chi connectivity index (χ3n) is 5.87. The number of nitrogens with zero attached hydrogens (tertiary/aromatic N) is 1. The van der Waals surface area contributed by atoms with Gasteiger partial charge in [0.25, 0.3) is 0 Å². The number of benzene rings is 1. The Labute approximate surface area is 177 Å². The smallest absolute Gasteiger partial charge is 0.324 e. The molecule has 0 saturated carbocycles. The van der Waals surface area contributed by atoms with Gasteiger partial charge in [0.2, 0.25) is 11.8 Å². The molecule has 29 heavy (non-hydrogen) atoms. The van der Waals surface area contributed by atoms with Crippen LogP contribution in [-0.2, 0) is 14.4 Å². The summed E-state index contributed by atoms with van der Waals surface area (Å²) in [5, 5.41) is 12.9. The normalized spacial score (nSPS) is 28.6. The number of carboxylic acids is 1. The van der Waals surface area contributed by atoms with Crippen molar-refractivity contribution in [2.45, 2.75) is 38.3 Å². The molecule has 9 heteroatoms. The first-order valence-electron chi connectivity index (χ1n) is 9.48. The molecule has 2 N–H and O–H groups in total. The molecule has 0 aromatic heterocycles. The van der Waals surface area contributed by atoms with E-state index in [1.165, 1.54) is 26.0 Å². The second-order valence-corrected chi connectivity index (χ2v) is 8.41. The predicted molar refractivity (Wildman–Crippen MR) is 108 cm³/mol. The van der Waals surface area contributed by atoms with Gasteiger partial charge in [0.05, 0.1) is 30.5 Å². The number of aliphatic carboxylic acids is 1. The highest BCUT2D eigenvalue weighted by Gasteiger charge is 2.66. The minimum Gasteiger partial charge on any atom is -0.493 e. The summed E-state index contributed by atoms with van der Waals surface area (Å²) in [4.78, 5) is 39.5. The fraction of sp³-hybridized carbons (Fsp3) is 0.550. The monoisotopic (exact) mass is 468 g/mol. The zero-order valence-corrected chi connectivity index (χ0v) is 18.4. The van der Waals surface area contributed by atoms with E-state index >= 15 is 0 Å². The van der Waals surface area contributed by atoms with Gasteiger partial charge in [0.15, 0.2) is 11.5 Å². The number of unbranched alkanes of at least 4 members (excludes halogenated alkanes) is 1. The zero-order valence-electron chi connectivity index (χ0n) is 16.8. The minimum absolute atomic E-state index is 0.305. The van der Waals surface area contributed by atoms with E-state index in [0.717, 1.165) is 6.42 Å². The third kappa shape index (κ3) is 3.30. The largest absolute Gasteiger partial charge is 0.493 e. The van der Waals surface area contributed by atoms with Gasteiger partial charge in [0, 0.05) is 12.6 Å². The number of amides is 2. The van der Waals surface area contributed by atoms with Crippen molar-refractivity contribution in [3.8, 4) is 11.5 Å². The van der Waals surface area contributed by atoms with E-state index < -0.39 is 35.3 Å². The molecule has 1 aromatic rings. The van der Waals surface area contributed by atoms with E-state index in [1.54, 1.807) is 12.1 Å². The summed E-state index contributed by atoms with van der Waals surface area (Å²) in [6, 6.07) is 2.81. The number of methoxy groups -OCH3 is 2. The Morgan fingerprint density at radius 3 is 2.52 bits per heavy atom. The number of halogens is 1. The number of hydrogen-bond donors (Lipinski definition) is 2. The number of ether oxygens (including phenoxy) is 2. The van der Waals surface area contributed by atoms with Crippen LogP contribution in [0.2, 0.25) is 0 Å². The molecule has 4 atom stereocenters. The van der Waals surface area contributed by atoms with Crippen LogP contribution in [0.25, 0.3) is 0 Å². The van der Waals surface area contributed by atoms with Crippen molar-refractivity contribution >= 4 is 33.7 Å². The summed E-state index contributed by atoms with van der Waals surface area (Å²) in [5.74, 6) is -2.75. The molecule has 3 rings (SSSR count). The molecule has 0 bridgehead atoms. The molecule has 2 aliphatic rings. The zero-order chi connectivity index (χ0) is 21.5. The lowest BCUT2D eigenvalue weighted by atomic mass is 9.80. The van der Waals surface area contributed by atoms with Crippen molar-refractivity contribution < 1.29 is 29.0 Å². The van der Waals surface area contributed by atoms with Gasteiger partial charge in [-0.2, -0.15) is 0 Å². The Hall–Kier alpha value is -2.13. The summed E-state index contributed by atoms with van der Waals surface area (Å²) in [7, 11) is 3.01. The molecule has 0 radical (unpaired) electrons. The van der Waals surface area contributed by atoms with Crippen LogP contribution in [0.4, 0.5) is 0 Å². The molecule has 1 aromatic carbocycles. The van der Waals surface area contributed by atoms with Crippen LogP contribution in [0.5, 0.6) is 11.5 Å². The van der Waals surface area contributed by atoms with Crippen molar-refractivity contribution in [3.05, 3.63) is 22.2 Å². The van der Waals surface area contributed by atoms with Gasteiger partial charge in [0.1, 0.15) is 5.54 Å². The molecular formula is C20H25BrN2O6. The number of nitrogens with one attached hydrogen (secondary N) is 1. The maximum Gasteiger partial charge on any atom is 0.324 e. The van der Waals surface area contributed by atoms with Gasteiger partial charge in [-0.1, -0.05) is 13.3 Å². The lowest BCUT2D eigenvalue weighted by molar-refractivity contribution is -0.150. The van der Waals surface area contributed by atoms with Gasteiger partial charge >= 0.3 is 5.97 Å². The average Bonchev–Trinajstić information content (AvgIpc) is 3.14. The van der Waals surface area contributed by atoms with Crippen LogP contribution in [0.15, 0.2) is 16.6 Å². The molecule has 2 aliphatic heterocycles. The van der Waals surface area contributed by atoms with Gasteiger partial charge in [-0.3, -0.25) is 24.6 Å². The maximum absolute atomic E-state index is 13.2. The third-order valence-corrected chi connectivity index (χ3v) is 6.46. The van der Waals surface area contributed by atoms with Crippen molar-refractivity contribution in [2.24, 2.45) is 11.8 Å². The number of hydrogen-bond acceptors (Lipinski definition) is 6. The average molecular weight is 469 g/mol. The van der Waals surface area contributed by atoms with Crippen LogP contribution in [0.3, 0.4) is 0 Å². The van der Waals surface area contributed by atoms with E-state index in [4.69, 9.17) is 9.47 Å². The van der Waals surface area contributed by atoms with Crippen molar-refractivity contribution in [1.29, 1.82) is 0 Å². The second kappa shape index (κ2) is 7.95. The first-order valence-corrected chi connectivity index (χ1v) is 10.3. The number of carbonyl (C=O) groups excluding carboxylic acids is 2. The van der Waals surface area contributed by atoms with E-state index in [9.17, 15) is 19.5 Å². The quantitative estimate of drug-likeness (QED) is 0.591. The molecule has 2 fully saturated rings. The number of carbonyl (C=O) groups is 3. The summed E-state index contributed by atoms with van der Waals surface area (Å²) >= 11 is 3.44. The number of fused-ring (bicyclic) bond motifs is 1. The first kappa shape index (κ1) is 21.6. The molecule has 2 saturated heterocycles. The molecule has 2 amide bonds. The number of rotatable bonds is 7. The van der Waals surface area contributed by atoms with Crippen LogP contribution >= 0.6 is 15.9 Å². The highest BCUT2D eigenvalue weighted by atomic mass is 79.9. The maximum atomic E-state index is 13.2. The second-order valence-electron chi connectivity index (χ2n) is 7.55. The topological polar surface area (TPSA) is 105 Å². The Bertz CT molecular complexity index is 860. The predicted octanol–water partition coefficient (Wildman–Crippen LogP) is 2.36. The van der Waals surface area contributed by atoms with Gasteiger partial charge in [-0.25, -0.2) is 0 Å². The molecule has 0 spiro atoms. The van der Waals surface area contributed by atoms with Gasteiger partial charge in [-0.15, -0.1) is 0 Å². The van der Waals surface area contributed by atoms with Gasteiger partial charge in [-0.05, 0) is 47.0 Å². The number of imide groups is 1. The Morgan fingerprint density at radius 1 is 1.28 bits per heavy atom. The molecule has 4 unspecified atom stereocenters. The first-order chi connectivity index (χ1) is 13.7. The molecular weight excluding hydrogens is 444 g/mol. The van der Waals surface area contributed by atoms with Gasteiger partial charge < -0.3 is 14.6 Å². The molecule has 8 nitrogen and oxygen atoms in total. The number of likely N-dealkylation sites (tertiary alicyclic amines) is 1. The van der Waals surface area contributed by atoms with Crippen LogP contribution < -0.4 is 14.8 Å². The SMILES string of the molecule is CCCCN1C(=O)C2C(c3cc(Br)c(OC)c(OC)c3)NC(C)(C(=O)O)C2C1=O. The molecule has 0 aliphatic carbocycles. The fourth-order valence-electron chi connectivity index (χ4n) is 4.34. The Kier molecular flexibility index (Phi) is 5.91. The Morgan fingerprint density at radius 2 is 1.97 bits per heavy atom. The van der Waals surface area contributed by atoms with Crippen LogP contribution in [-0.4, -0.2) is 54.1 Å². The highest BCUT2D eigenvalue weighted by molar-refractivity contribution is 9.10. The van der Waals surface area contributed by atoms with E-state index in [0.29, 0.717) is 34.5 Å². The van der Waals surface area contributed by atoms with Crippen molar-refractivity contribution in [3.63, 3.8) is 0 Å². The Balaban J connectivity index is 2.09. The van der Waals surface area contributed by atoms with Crippen LogP contribution in [0.1, 0.15) is 38.3 Å². The fourth-order valence-corrected chi connectivity index (χ4v) is 4.96. The van der Waals surface area contributed by atoms with E-state index in [1.807, 2.05) is 6.92 Å². The summed E-state index contributed by atoms with van der Waals surface area (Å²) < 4.78 is 11.3. The molecule has 158 valence electrons. The van der Waals surface area contributed by atoms with E-state index in [-0.39, 0.29) is 5.91 Å². The summed E-state index contributed by atoms with van der Waals surface area (Å²) in [5.41, 5.74) is -0.907.